The molecule has 0 amide bonds. The van der Waals surface area contributed by atoms with E-state index < -0.39 is 0 Å². The highest BCUT2D eigenvalue weighted by molar-refractivity contribution is 5.02. The molecule has 0 atom stereocenters. The van der Waals surface area contributed by atoms with Crippen molar-refractivity contribution in [2.75, 3.05) is 53.5 Å². The molecule has 0 spiro atoms. The maximum absolute atomic E-state index is 5.30. The maximum atomic E-state index is 5.30. The van der Waals surface area contributed by atoms with Gasteiger partial charge >= 0.3 is 0 Å². The van der Waals surface area contributed by atoms with E-state index in [9.17, 15) is 0 Å². The van der Waals surface area contributed by atoms with Crippen LogP contribution < -0.4 is 0 Å². The van der Waals surface area contributed by atoms with Crippen molar-refractivity contribution in [1.82, 2.24) is 9.80 Å². The van der Waals surface area contributed by atoms with Gasteiger partial charge in [0.2, 0.25) is 0 Å². The van der Waals surface area contributed by atoms with Gasteiger partial charge in [-0.1, -0.05) is 11.8 Å². The molecule has 3 nitrogen and oxygen atoms in total. The largest absolute Gasteiger partial charge is 0.379 e. The molecule has 0 radical (unpaired) electrons. The number of unbranched alkanes of at least 4 members (excludes halogenated alkanes) is 3. The molecule has 0 aromatic rings. The van der Waals surface area contributed by atoms with Crippen LogP contribution in [-0.4, -0.2) is 63.3 Å². The number of nitrogens with zero attached hydrogens (tertiary/aromatic N) is 2. The number of rotatable bonds is 5. The number of ether oxygens (including phenoxy) is 1. The van der Waals surface area contributed by atoms with Gasteiger partial charge in [-0.05, 0) is 26.9 Å². The Labute approximate surface area is 118 Å². The van der Waals surface area contributed by atoms with Crippen LogP contribution in [0.15, 0.2) is 0 Å². The molecule has 0 aromatic carbocycles. The zero-order valence-corrected chi connectivity index (χ0v) is 12.4. The molecular formula is C16H26N2O. The zero-order chi connectivity index (χ0) is 13.8. The summed E-state index contributed by atoms with van der Waals surface area (Å²) in [6, 6.07) is 0. The van der Waals surface area contributed by atoms with Crippen molar-refractivity contribution < 1.29 is 4.74 Å². The van der Waals surface area contributed by atoms with Crippen LogP contribution in [0.4, 0.5) is 0 Å². The van der Waals surface area contributed by atoms with Gasteiger partial charge < -0.3 is 4.74 Å². The SMILES string of the molecule is CN(C)CC#CCCCCC#CCN1CCOCC1. The fourth-order valence-electron chi connectivity index (χ4n) is 1.74. The van der Waals surface area contributed by atoms with E-state index in [0.717, 1.165) is 65.1 Å². The van der Waals surface area contributed by atoms with Crippen molar-refractivity contribution in [2.45, 2.75) is 25.7 Å². The van der Waals surface area contributed by atoms with Gasteiger partial charge in [0.25, 0.3) is 0 Å². The normalized spacial score (nSPS) is 15.5. The minimum absolute atomic E-state index is 0.854. The van der Waals surface area contributed by atoms with E-state index >= 15 is 0 Å². The Kier molecular flexibility index (Phi) is 9.19. The first-order valence-electron chi connectivity index (χ1n) is 7.15. The highest BCUT2D eigenvalue weighted by atomic mass is 16.5. The third-order valence-electron chi connectivity index (χ3n) is 2.91. The van der Waals surface area contributed by atoms with E-state index in [0.29, 0.717) is 0 Å². The van der Waals surface area contributed by atoms with Gasteiger partial charge in [0.15, 0.2) is 0 Å². The summed E-state index contributed by atoms with van der Waals surface area (Å²) in [5, 5.41) is 0. The molecule has 0 aromatic heterocycles. The number of hydrogen-bond donors (Lipinski definition) is 0. The second kappa shape index (κ2) is 10.9. The van der Waals surface area contributed by atoms with E-state index in [2.05, 4.69) is 33.5 Å². The molecule has 1 heterocycles. The minimum Gasteiger partial charge on any atom is -0.379 e. The molecule has 0 unspecified atom stereocenters. The van der Waals surface area contributed by atoms with E-state index in [1.807, 2.05) is 14.1 Å². The van der Waals surface area contributed by atoms with Crippen LogP contribution in [-0.2, 0) is 4.74 Å². The Morgan fingerprint density at radius 2 is 1.58 bits per heavy atom. The van der Waals surface area contributed by atoms with Crippen LogP contribution in [0, 0.1) is 23.7 Å². The summed E-state index contributed by atoms with van der Waals surface area (Å²) in [6.07, 6.45) is 4.32. The first-order valence-corrected chi connectivity index (χ1v) is 7.15. The van der Waals surface area contributed by atoms with Crippen LogP contribution in [0.1, 0.15) is 25.7 Å². The molecule has 0 saturated carbocycles. The van der Waals surface area contributed by atoms with E-state index in [1.165, 1.54) is 0 Å². The van der Waals surface area contributed by atoms with Crippen LogP contribution in [0.25, 0.3) is 0 Å². The average molecular weight is 262 g/mol. The third kappa shape index (κ3) is 9.56. The van der Waals surface area contributed by atoms with Crippen molar-refractivity contribution in [1.29, 1.82) is 0 Å². The molecule has 0 bridgehead atoms. The number of hydrogen-bond acceptors (Lipinski definition) is 3. The van der Waals surface area contributed by atoms with Crippen LogP contribution in [0.2, 0.25) is 0 Å². The molecule has 1 aliphatic rings. The van der Waals surface area contributed by atoms with Crippen LogP contribution in [0.5, 0.6) is 0 Å². The monoisotopic (exact) mass is 262 g/mol. The summed E-state index contributed by atoms with van der Waals surface area (Å²) < 4.78 is 5.30. The van der Waals surface area contributed by atoms with Gasteiger partial charge in [0.05, 0.1) is 26.3 Å². The van der Waals surface area contributed by atoms with Gasteiger partial charge in [-0.15, -0.1) is 11.8 Å². The highest BCUT2D eigenvalue weighted by Gasteiger charge is 2.07. The standard InChI is InChI=1S/C16H26N2O/c1-17(2)11-9-7-5-3-4-6-8-10-12-18-13-15-19-16-14-18/h3-6,11-16H2,1-2H3. The first kappa shape index (κ1) is 16.1. The highest BCUT2D eigenvalue weighted by Crippen LogP contribution is 1.98. The van der Waals surface area contributed by atoms with Gasteiger partial charge in [-0.25, -0.2) is 0 Å². The molecule has 106 valence electrons. The van der Waals surface area contributed by atoms with Crippen molar-refractivity contribution in [3.05, 3.63) is 0 Å². The molecule has 3 heteroatoms. The lowest BCUT2D eigenvalue weighted by Gasteiger charge is -2.24. The Morgan fingerprint density at radius 3 is 2.21 bits per heavy atom. The maximum Gasteiger partial charge on any atom is 0.0603 e. The van der Waals surface area contributed by atoms with Crippen molar-refractivity contribution in [2.24, 2.45) is 0 Å². The number of morpholine rings is 1. The Bertz CT molecular complexity index is 337. The molecule has 19 heavy (non-hydrogen) atoms. The van der Waals surface area contributed by atoms with Gasteiger partial charge in [0.1, 0.15) is 0 Å². The van der Waals surface area contributed by atoms with E-state index in [-0.39, 0.29) is 0 Å². The van der Waals surface area contributed by atoms with Gasteiger partial charge in [-0.3, -0.25) is 9.80 Å². The third-order valence-corrected chi connectivity index (χ3v) is 2.91. The molecular weight excluding hydrogens is 236 g/mol. The molecule has 1 fully saturated rings. The zero-order valence-electron chi connectivity index (χ0n) is 12.4. The second-order valence-electron chi connectivity index (χ2n) is 5.04. The lowest BCUT2D eigenvalue weighted by molar-refractivity contribution is 0.0443. The van der Waals surface area contributed by atoms with E-state index in [4.69, 9.17) is 4.74 Å². The molecule has 0 N–H and O–H groups in total. The summed E-state index contributed by atoms with van der Waals surface area (Å²) in [5.41, 5.74) is 0. The molecule has 1 saturated heterocycles. The summed E-state index contributed by atoms with van der Waals surface area (Å²) in [5.74, 6) is 12.9. The smallest absolute Gasteiger partial charge is 0.0603 e. The molecule has 1 aliphatic heterocycles. The summed E-state index contributed by atoms with van der Waals surface area (Å²) in [7, 11) is 4.08. The predicted octanol–water partition coefficient (Wildman–Crippen LogP) is 1.45. The Morgan fingerprint density at radius 1 is 0.947 bits per heavy atom. The average Bonchev–Trinajstić information content (AvgIpc) is 2.42. The Hall–Kier alpha value is -1.00. The van der Waals surface area contributed by atoms with Crippen molar-refractivity contribution in [3.8, 4) is 23.7 Å². The minimum atomic E-state index is 0.854. The van der Waals surface area contributed by atoms with Crippen LogP contribution >= 0.6 is 0 Å². The van der Waals surface area contributed by atoms with Gasteiger partial charge in [0, 0.05) is 25.9 Å². The lowest BCUT2D eigenvalue weighted by atomic mass is 10.2. The van der Waals surface area contributed by atoms with Crippen LogP contribution in [0.3, 0.4) is 0 Å². The summed E-state index contributed by atoms with van der Waals surface area (Å²) >= 11 is 0. The van der Waals surface area contributed by atoms with Crippen molar-refractivity contribution >= 4 is 0 Å². The first-order chi connectivity index (χ1) is 9.29. The fourth-order valence-corrected chi connectivity index (χ4v) is 1.74. The quantitative estimate of drug-likeness (QED) is 0.551. The predicted molar refractivity (Wildman–Crippen MR) is 79.8 cm³/mol. The second-order valence-corrected chi connectivity index (χ2v) is 5.04. The Balaban J connectivity index is 1.93. The van der Waals surface area contributed by atoms with Gasteiger partial charge in [-0.2, -0.15) is 0 Å². The molecule has 0 aliphatic carbocycles. The molecule has 1 rings (SSSR count). The lowest BCUT2D eigenvalue weighted by Crippen LogP contribution is -2.36. The van der Waals surface area contributed by atoms with Crippen molar-refractivity contribution in [3.63, 3.8) is 0 Å². The summed E-state index contributed by atoms with van der Waals surface area (Å²) in [4.78, 5) is 4.44. The summed E-state index contributed by atoms with van der Waals surface area (Å²) in [6.45, 7) is 5.51. The van der Waals surface area contributed by atoms with E-state index in [1.54, 1.807) is 0 Å². The fraction of sp³-hybridized carbons (Fsp3) is 0.750. The topological polar surface area (TPSA) is 15.7 Å².